The molecule has 4 heterocycles. The molecule has 28 heavy (non-hydrogen) atoms. The van der Waals surface area contributed by atoms with Crippen LogP contribution in [0.5, 0.6) is 0 Å². The summed E-state index contributed by atoms with van der Waals surface area (Å²) in [4.78, 5) is 20.3. The molecule has 0 aliphatic carbocycles. The molecular weight excluding hydrogens is 352 g/mol. The number of aromatic nitrogens is 5. The van der Waals surface area contributed by atoms with Crippen molar-refractivity contribution in [1.29, 1.82) is 0 Å². The smallest absolute Gasteiger partial charge is 0.180 e. The maximum atomic E-state index is 4.53. The molecule has 3 aromatic heterocycles. The summed E-state index contributed by atoms with van der Waals surface area (Å²) >= 11 is 0. The lowest BCUT2D eigenvalue weighted by atomic mass is 10.2. The van der Waals surface area contributed by atoms with Crippen molar-refractivity contribution in [2.75, 3.05) is 25.5 Å². The Hall–Kier alpha value is -3.26. The number of nitrogens with one attached hydrogen (secondary N) is 2. The van der Waals surface area contributed by atoms with Gasteiger partial charge in [0.25, 0.3) is 0 Å². The van der Waals surface area contributed by atoms with Crippen LogP contribution in [0.2, 0.25) is 0 Å². The lowest BCUT2D eigenvalue weighted by molar-refractivity contribution is 0.322. The van der Waals surface area contributed by atoms with Gasteiger partial charge in [0.1, 0.15) is 5.82 Å². The highest BCUT2D eigenvalue weighted by molar-refractivity contribution is 5.76. The van der Waals surface area contributed by atoms with Gasteiger partial charge in [-0.25, -0.2) is 19.9 Å². The Balaban J connectivity index is 1.55. The molecule has 1 aliphatic heterocycles. The van der Waals surface area contributed by atoms with Gasteiger partial charge >= 0.3 is 0 Å². The summed E-state index contributed by atoms with van der Waals surface area (Å²) in [6.07, 6.45) is 15.2. The lowest BCUT2D eigenvalue weighted by Gasteiger charge is -2.13. The van der Waals surface area contributed by atoms with Crippen molar-refractivity contribution in [2.24, 2.45) is 0 Å². The molecule has 1 saturated heterocycles. The van der Waals surface area contributed by atoms with Crippen molar-refractivity contribution in [3.8, 4) is 0 Å². The number of hydrogen-bond acceptors (Lipinski definition) is 7. The summed E-state index contributed by atoms with van der Waals surface area (Å²) in [6.45, 7) is 6.94. The van der Waals surface area contributed by atoms with E-state index in [-0.39, 0.29) is 0 Å². The van der Waals surface area contributed by atoms with Crippen LogP contribution in [0.1, 0.15) is 24.4 Å². The predicted molar refractivity (Wildman–Crippen MR) is 110 cm³/mol. The van der Waals surface area contributed by atoms with Gasteiger partial charge in [0.15, 0.2) is 11.5 Å². The topological polar surface area (TPSA) is 83.3 Å². The summed E-state index contributed by atoms with van der Waals surface area (Å²) < 4.78 is 1.97. The van der Waals surface area contributed by atoms with E-state index in [1.54, 1.807) is 24.7 Å². The Kier molecular flexibility index (Phi) is 5.29. The SMILES string of the molecule is C=C/C(=C\NC)c1cnc2c(Nc3cnc(CN4CCCC4)nc3)nccn12. The second-order valence-electron chi connectivity index (χ2n) is 6.70. The molecule has 3 aromatic rings. The predicted octanol–water partition coefficient (Wildman–Crippen LogP) is 2.61. The van der Waals surface area contributed by atoms with E-state index in [9.17, 15) is 0 Å². The van der Waals surface area contributed by atoms with Crippen molar-refractivity contribution in [1.82, 2.24) is 34.6 Å². The average Bonchev–Trinajstić information content (AvgIpc) is 3.38. The normalized spacial score (nSPS) is 15.1. The maximum Gasteiger partial charge on any atom is 0.180 e. The van der Waals surface area contributed by atoms with E-state index in [4.69, 9.17) is 0 Å². The molecule has 8 heteroatoms. The van der Waals surface area contributed by atoms with Crippen LogP contribution in [0.3, 0.4) is 0 Å². The van der Waals surface area contributed by atoms with Crippen LogP contribution in [0.4, 0.5) is 11.5 Å². The Morgan fingerprint density at radius 1 is 1.14 bits per heavy atom. The third-order valence-corrected chi connectivity index (χ3v) is 4.78. The van der Waals surface area contributed by atoms with Gasteiger partial charge in [-0.15, -0.1) is 0 Å². The zero-order valence-electron chi connectivity index (χ0n) is 16.0. The summed E-state index contributed by atoms with van der Waals surface area (Å²) in [7, 11) is 1.86. The van der Waals surface area contributed by atoms with Crippen molar-refractivity contribution >= 4 is 22.7 Å². The van der Waals surface area contributed by atoms with Crippen LogP contribution in [0, 0.1) is 0 Å². The van der Waals surface area contributed by atoms with Gasteiger partial charge in [0, 0.05) is 31.2 Å². The fourth-order valence-electron chi connectivity index (χ4n) is 3.39. The summed E-state index contributed by atoms with van der Waals surface area (Å²) in [6, 6.07) is 0. The first-order valence-corrected chi connectivity index (χ1v) is 9.41. The minimum absolute atomic E-state index is 0.650. The lowest BCUT2D eigenvalue weighted by Crippen LogP contribution is -2.19. The second kappa shape index (κ2) is 8.18. The Morgan fingerprint density at radius 2 is 1.93 bits per heavy atom. The average molecular weight is 376 g/mol. The number of fused-ring (bicyclic) bond motifs is 1. The van der Waals surface area contributed by atoms with E-state index in [1.807, 2.05) is 30.0 Å². The van der Waals surface area contributed by atoms with Crippen LogP contribution in [-0.4, -0.2) is 49.4 Å². The van der Waals surface area contributed by atoms with E-state index < -0.39 is 0 Å². The van der Waals surface area contributed by atoms with Gasteiger partial charge in [0.05, 0.1) is 36.5 Å². The van der Waals surface area contributed by atoms with Crippen LogP contribution in [0.25, 0.3) is 11.2 Å². The van der Waals surface area contributed by atoms with E-state index in [1.165, 1.54) is 12.8 Å². The molecule has 2 N–H and O–H groups in total. The molecule has 8 nitrogen and oxygen atoms in total. The fraction of sp³-hybridized carbons (Fsp3) is 0.300. The minimum atomic E-state index is 0.650. The highest BCUT2D eigenvalue weighted by Gasteiger charge is 2.14. The van der Waals surface area contributed by atoms with Gasteiger partial charge < -0.3 is 10.6 Å². The van der Waals surface area contributed by atoms with E-state index in [2.05, 4.69) is 42.0 Å². The Morgan fingerprint density at radius 3 is 2.64 bits per heavy atom. The number of rotatable bonds is 7. The monoisotopic (exact) mass is 376 g/mol. The molecule has 0 aromatic carbocycles. The number of nitrogens with zero attached hydrogens (tertiary/aromatic N) is 6. The molecule has 144 valence electrons. The molecule has 0 saturated carbocycles. The summed E-state index contributed by atoms with van der Waals surface area (Å²) in [5.74, 6) is 1.49. The number of anilines is 2. The van der Waals surface area contributed by atoms with E-state index >= 15 is 0 Å². The molecule has 0 radical (unpaired) electrons. The quantitative estimate of drug-likeness (QED) is 0.613. The zero-order valence-corrected chi connectivity index (χ0v) is 16.0. The van der Waals surface area contributed by atoms with Crippen molar-refractivity contribution in [2.45, 2.75) is 19.4 Å². The summed E-state index contributed by atoms with van der Waals surface area (Å²) in [5.41, 5.74) is 3.39. The number of imidazole rings is 1. The molecule has 0 unspecified atom stereocenters. The largest absolute Gasteiger partial charge is 0.393 e. The van der Waals surface area contributed by atoms with Crippen molar-refractivity contribution < 1.29 is 0 Å². The highest BCUT2D eigenvalue weighted by atomic mass is 15.2. The molecule has 1 aliphatic rings. The number of likely N-dealkylation sites (tertiary alicyclic amines) is 1. The first-order valence-electron chi connectivity index (χ1n) is 9.41. The molecule has 1 fully saturated rings. The molecule has 0 bridgehead atoms. The second-order valence-corrected chi connectivity index (χ2v) is 6.70. The van der Waals surface area contributed by atoms with E-state index in [0.717, 1.165) is 48.1 Å². The maximum absolute atomic E-state index is 4.53. The third kappa shape index (κ3) is 3.72. The van der Waals surface area contributed by atoms with Gasteiger partial charge in [-0.3, -0.25) is 9.30 Å². The van der Waals surface area contributed by atoms with Crippen LogP contribution >= 0.6 is 0 Å². The molecule has 0 amide bonds. The summed E-state index contributed by atoms with van der Waals surface area (Å²) in [5, 5.41) is 6.31. The van der Waals surface area contributed by atoms with Crippen molar-refractivity contribution in [3.05, 3.63) is 61.4 Å². The third-order valence-electron chi connectivity index (χ3n) is 4.78. The molecular formula is C20H24N8. The number of hydrogen-bond donors (Lipinski definition) is 2. The van der Waals surface area contributed by atoms with E-state index in [0.29, 0.717) is 5.82 Å². The molecule has 0 atom stereocenters. The fourth-order valence-corrected chi connectivity index (χ4v) is 3.39. The number of allylic oxidation sites excluding steroid dienone is 2. The molecule has 4 rings (SSSR count). The Labute approximate surface area is 164 Å². The van der Waals surface area contributed by atoms with Gasteiger partial charge in [0.2, 0.25) is 0 Å². The highest BCUT2D eigenvalue weighted by Crippen LogP contribution is 2.22. The van der Waals surface area contributed by atoms with Gasteiger partial charge in [-0.05, 0) is 25.9 Å². The minimum Gasteiger partial charge on any atom is -0.393 e. The Bertz CT molecular complexity index is 983. The van der Waals surface area contributed by atoms with Crippen LogP contribution in [0.15, 0.2) is 49.8 Å². The zero-order chi connectivity index (χ0) is 19.3. The first-order chi connectivity index (χ1) is 13.8. The molecule has 0 spiro atoms. The van der Waals surface area contributed by atoms with Crippen molar-refractivity contribution in [3.63, 3.8) is 0 Å². The van der Waals surface area contributed by atoms with Crippen LogP contribution < -0.4 is 10.6 Å². The van der Waals surface area contributed by atoms with Gasteiger partial charge in [-0.1, -0.05) is 12.7 Å². The first kappa shape index (κ1) is 18.1. The van der Waals surface area contributed by atoms with Gasteiger partial charge in [-0.2, -0.15) is 0 Å². The standard InChI is InChI=1S/C20H24N8/c1-3-15(10-21-2)17-13-25-20-19(22-6-9-28(17)20)26-16-11-23-18(24-12-16)14-27-7-4-5-8-27/h3,6,9-13,21H,1,4-5,7-8,14H2,2H3,(H,22,26)/b15-10+. The van der Waals surface area contributed by atoms with Crippen LogP contribution in [-0.2, 0) is 6.54 Å².